The fourth-order valence-corrected chi connectivity index (χ4v) is 4.85. The highest BCUT2D eigenvalue weighted by Crippen LogP contribution is 2.33. The van der Waals surface area contributed by atoms with Crippen molar-refractivity contribution in [1.29, 1.82) is 0 Å². The molecule has 0 radical (unpaired) electrons. The summed E-state index contributed by atoms with van der Waals surface area (Å²) in [6.45, 7) is 0. The SMILES string of the molecule is O=C1CCCc2cccc(c2)-c2cccc3[nH]c(nc23)-c2n[nH]c3cnc(cc23)-c2cncc(c2)N1. The van der Waals surface area contributed by atoms with Gasteiger partial charge in [0.2, 0.25) is 5.91 Å². The highest BCUT2D eigenvalue weighted by Gasteiger charge is 2.17. The molecule has 2 aromatic carbocycles. The van der Waals surface area contributed by atoms with Crippen LogP contribution in [0.4, 0.5) is 5.69 Å². The van der Waals surface area contributed by atoms with Crippen LogP contribution in [0.5, 0.6) is 0 Å². The van der Waals surface area contributed by atoms with Gasteiger partial charge in [0.25, 0.3) is 0 Å². The molecule has 0 spiro atoms. The third-order valence-corrected chi connectivity index (χ3v) is 6.61. The molecule has 0 atom stereocenters. The van der Waals surface area contributed by atoms with Crippen molar-refractivity contribution in [3.8, 4) is 33.9 Å². The first kappa shape index (κ1) is 20.5. The topological polar surface area (TPSA) is 112 Å². The number of pyridine rings is 2. The lowest BCUT2D eigenvalue weighted by atomic mass is 9.99. The molecule has 0 aliphatic carbocycles. The number of aromatic amines is 2. The van der Waals surface area contributed by atoms with Crippen LogP contribution in [-0.2, 0) is 11.2 Å². The molecule has 0 saturated heterocycles. The van der Waals surface area contributed by atoms with E-state index in [1.54, 1.807) is 18.6 Å². The van der Waals surface area contributed by atoms with Gasteiger partial charge in [0.05, 0.1) is 40.3 Å². The van der Waals surface area contributed by atoms with E-state index in [1.165, 1.54) is 5.56 Å². The van der Waals surface area contributed by atoms with Crippen LogP contribution in [0.25, 0.3) is 55.8 Å². The van der Waals surface area contributed by atoms with Gasteiger partial charge in [0.1, 0.15) is 5.69 Å². The van der Waals surface area contributed by atoms with Crippen LogP contribution in [0, 0.1) is 0 Å². The van der Waals surface area contributed by atoms with Crippen LogP contribution in [0.2, 0.25) is 0 Å². The minimum atomic E-state index is -0.0305. The van der Waals surface area contributed by atoms with Crippen LogP contribution in [0.15, 0.2) is 73.2 Å². The molecule has 0 fully saturated rings. The van der Waals surface area contributed by atoms with Gasteiger partial charge in [-0.1, -0.05) is 36.4 Å². The second-order valence-corrected chi connectivity index (χ2v) is 9.04. The summed E-state index contributed by atoms with van der Waals surface area (Å²) < 4.78 is 0. The number of carbonyl (C=O) groups excluding carboxylic acids is 1. The molecule has 5 heterocycles. The van der Waals surface area contributed by atoms with E-state index in [0.717, 1.165) is 62.9 Å². The Bertz CT molecular complexity index is 1780. The second-order valence-electron chi connectivity index (χ2n) is 9.04. The largest absolute Gasteiger partial charge is 0.337 e. The Morgan fingerprint density at radius 2 is 1.81 bits per heavy atom. The van der Waals surface area contributed by atoms with Gasteiger partial charge in [-0.2, -0.15) is 5.10 Å². The van der Waals surface area contributed by atoms with Gasteiger partial charge in [0, 0.05) is 29.1 Å². The molecule has 36 heavy (non-hydrogen) atoms. The predicted molar refractivity (Wildman–Crippen MR) is 139 cm³/mol. The van der Waals surface area contributed by atoms with Gasteiger partial charge in [-0.3, -0.25) is 19.9 Å². The highest BCUT2D eigenvalue weighted by atomic mass is 16.1. The average molecular weight is 472 g/mol. The molecule has 1 aliphatic heterocycles. The molecule has 4 aromatic heterocycles. The molecule has 6 aromatic rings. The predicted octanol–water partition coefficient (Wildman–Crippen LogP) is 5.51. The van der Waals surface area contributed by atoms with E-state index in [9.17, 15) is 4.79 Å². The molecule has 7 rings (SSSR count). The number of rotatable bonds is 0. The number of fused-ring (bicyclic) bond motifs is 9. The van der Waals surface area contributed by atoms with Crippen molar-refractivity contribution in [3.05, 3.63) is 78.8 Å². The van der Waals surface area contributed by atoms with E-state index < -0.39 is 0 Å². The Hall–Kier alpha value is -4.85. The van der Waals surface area contributed by atoms with Crippen molar-refractivity contribution in [2.75, 3.05) is 5.32 Å². The van der Waals surface area contributed by atoms with Crippen molar-refractivity contribution in [3.63, 3.8) is 0 Å². The van der Waals surface area contributed by atoms with E-state index in [-0.39, 0.29) is 5.91 Å². The molecule has 3 N–H and O–H groups in total. The number of hydrogen-bond acceptors (Lipinski definition) is 5. The lowest BCUT2D eigenvalue weighted by Gasteiger charge is -2.08. The zero-order valence-corrected chi connectivity index (χ0v) is 19.2. The summed E-state index contributed by atoms with van der Waals surface area (Å²) in [5, 5.41) is 11.5. The molecule has 174 valence electrons. The number of para-hydroxylation sites is 1. The van der Waals surface area contributed by atoms with E-state index in [4.69, 9.17) is 4.98 Å². The summed E-state index contributed by atoms with van der Waals surface area (Å²) in [5.74, 6) is 0.658. The van der Waals surface area contributed by atoms with Gasteiger partial charge in [-0.15, -0.1) is 0 Å². The molecule has 8 heteroatoms. The lowest BCUT2D eigenvalue weighted by molar-refractivity contribution is -0.116. The fraction of sp³-hybridized carbons (Fsp3) is 0.107. The van der Waals surface area contributed by atoms with Crippen LogP contribution in [-0.4, -0.2) is 36.0 Å². The summed E-state index contributed by atoms with van der Waals surface area (Å²) in [4.78, 5) is 30.0. The number of H-pyrrole nitrogens is 2. The number of carbonyl (C=O) groups is 1. The van der Waals surface area contributed by atoms with Gasteiger partial charge >= 0.3 is 0 Å². The Labute approximate surface area is 205 Å². The Morgan fingerprint density at radius 1 is 0.861 bits per heavy atom. The number of benzene rings is 2. The molecule has 8 bridgehead atoms. The van der Waals surface area contributed by atoms with Crippen molar-refractivity contribution in [2.24, 2.45) is 0 Å². The number of anilines is 1. The summed E-state index contributed by atoms with van der Waals surface area (Å²) in [7, 11) is 0. The third-order valence-electron chi connectivity index (χ3n) is 6.61. The highest BCUT2D eigenvalue weighted by molar-refractivity contribution is 5.98. The third kappa shape index (κ3) is 3.51. The summed E-state index contributed by atoms with van der Waals surface area (Å²) in [5.41, 5.74) is 8.90. The first-order valence-electron chi connectivity index (χ1n) is 11.9. The fourth-order valence-electron chi connectivity index (χ4n) is 4.85. The summed E-state index contributed by atoms with van der Waals surface area (Å²) >= 11 is 0. The number of nitrogens with zero attached hydrogens (tertiary/aromatic N) is 4. The number of imidazole rings is 1. The van der Waals surface area contributed by atoms with Crippen LogP contribution in [0.3, 0.4) is 0 Å². The number of hydrogen-bond donors (Lipinski definition) is 3. The molecule has 8 nitrogen and oxygen atoms in total. The minimum Gasteiger partial charge on any atom is -0.337 e. The smallest absolute Gasteiger partial charge is 0.224 e. The Kier molecular flexibility index (Phi) is 4.63. The van der Waals surface area contributed by atoms with Gasteiger partial charge in [-0.05, 0) is 42.2 Å². The number of aromatic nitrogens is 6. The summed E-state index contributed by atoms with van der Waals surface area (Å²) in [6.07, 6.45) is 7.14. The van der Waals surface area contributed by atoms with Crippen molar-refractivity contribution >= 4 is 33.5 Å². The molecule has 1 amide bonds. The molecular formula is C28H21N7O. The molecular weight excluding hydrogens is 450 g/mol. The summed E-state index contributed by atoms with van der Waals surface area (Å²) in [6, 6.07) is 18.5. The maximum Gasteiger partial charge on any atom is 0.224 e. The Morgan fingerprint density at radius 3 is 2.78 bits per heavy atom. The van der Waals surface area contributed by atoms with E-state index in [1.807, 2.05) is 24.3 Å². The number of aryl methyl sites for hydroxylation is 1. The van der Waals surface area contributed by atoms with E-state index >= 15 is 0 Å². The maximum absolute atomic E-state index is 12.6. The Balaban J connectivity index is 1.45. The van der Waals surface area contributed by atoms with E-state index in [2.05, 4.69) is 60.8 Å². The normalized spacial score (nSPS) is 13.5. The van der Waals surface area contributed by atoms with Gasteiger partial charge < -0.3 is 10.3 Å². The first-order valence-corrected chi connectivity index (χ1v) is 11.9. The van der Waals surface area contributed by atoms with Gasteiger partial charge in [-0.25, -0.2) is 4.98 Å². The average Bonchev–Trinajstić information content (AvgIpc) is 3.52. The monoisotopic (exact) mass is 471 g/mol. The zero-order chi connectivity index (χ0) is 24.1. The zero-order valence-electron chi connectivity index (χ0n) is 19.2. The molecule has 1 aliphatic rings. The lowest BCUT2D eigenvalue weighted by Crippen LogP contribution is -2.11. The van der Waals surface area contributed by atoms with Crippen LogP contribution >= 0.6 is 0 Å². The number of nitrogens with one attached hydrogen (secondary N) is 3. The van der Waals surface area contributed by atoms with Crippen LogP contribution < -0.4 is 5.32 Å². The maximum atomic E-state index is 12.6. The standard InChI is InChI=1S/C28H21N7O/c36-25-9-2-5-16-4-1-6-17(10-16)20-7-3-8-22-26(20)33-28(32-22)27-21-12-23(30-15-24(21)34-35-27)18-11-19(31-25)14-29-13-18/h1,3-4,6-8,10-15H,2,5,9H2,(H,31,36)(H,32,33)(H,34,35). The molecule has 0 saturated carbocycles. The second kappa shape index (κ2) is 8.13. The number of amides is 1. The van der Waals surface area contributed by atoms with Gasteiger partial charge in [0.15, 0.2) is 5.82 Å². The quantitative estimate of drug-likeness (QED) is 0.271. The molecule has 0 unspecified atom stereocenters. The van der Waals surface area contributed by atoms with E-state index in [0.29, 0.717) is 17.9 Å². The van der Waals surface area contributed by atoms with Crippen LogP contribution in [0.1, 0.15) is 18.4 Å². The minimum absolute atomic E-state index is 0.0305. The van der Waals surface area contributed by atoms with Crippen molar-refractivity contribution < 1.29 is 4.79 Å². The van der Waals surface area contributed by atoms with Crippen molar-refractivity contribution in [1.82, 2.24) is 30.1 Å². The van der Waals surface area contributed by atoms with Crippen molar-refractivity contribution in [2.45, 2.75) is 19.3 Å². The first-order chi connectivity index (χ1) is 17.7.